The van der Waals surface area contributed by atoms with Gasteiger partial charge >= 0.3 is 6.16 Å². The summed E-state index contributed by atoms with van der Waals surface area (Å²) in [7, 11) is 1.88. The molecule has 1 unspecified atom stereocenters. The Labute approximate surface area is 83.0 Å². The van der Waals surface area contributed by atoms with Crippen LogP contribution in [0, 0.1) is 0 Å². The Morgan fingerprint density at radius 3 is 3.00 bits per heavy atom. The highest BCUT2D eigenvalue weighted by molar-refractivity contribution is 5.85. The van der Waals surface area contributed by atoms with Crippen LogP contribution in [0.4, 0.5) is 4.79 Å². The number of carbonyl (C=O) groups excluding carboxylic acids is 2. The summed E-state index contributed by atoms with van der Waals surface area (Å²) in [5, 5.41) is 0. The number of hydrogen-bond acceptors (Lipinski definition) is 5. The number of ketones is 1. The molecule has 1 heterocycles. The second kappa shape index (κ2) is 4.95. The average Bonchev–Trinajstić information content (AvgIpc) is 2.12. The topological polar surface area (TPSA) is 55.8 Å². The summed E-state index contributed by atoms with van der Waals surface area (Å²) >= 11 is 0. The molecule has 14 heavy (non-hydrogen) atoms. The standard InChI is InChI=1S/C9H15NO4/c1-3-13-9(12)14-8-6-10(2)5-4-7(8)11/h8H,3-6H2,1-2H3. The second-order valence-electron chi connectivity index (χ2n) is 3.27. The van der Waals surface area contributed by atoms with Crippen molar-refractivity contribution in [2.24, 2.45) is 0 Å². The maximum atomic E-state index is 11.3. The molecule has 1 atom stereocenters. The molecule has 1 fully saturated rings. The predicted molar refractivity (Wildman–Crippen MR) is 49.0 cm³/mol. The van der Waals surface area contributed by atoms with Crippen LogP contribution in [0.2, 0.25) is 0 Å². The summed E-state index contributed by atoms with van der Waals surface area (Å²) in [4.78, 5) is 24.2. The fourth-order valence-electron chi connectivity index (χ4n) is 1.31. The van der Waals surface area contributed by atoms with Gasteiger partial charge in [-0.05, 0) is 14.0 Å². The number of ether oxygens (including phenoxy) is 2. The molecular weight excluding hydrogens is 186 g/mol. The number of hydrogen-bond donors (Lipinski definition) is 0. The van der Waals surface area contributed by atoms with Crippen molar-refractivity contribution in [3.63, 3.8) is 0 Å². The lowest BCUT2D eigenvalue weighted by atomic mass is 10.1. The molecule has 1 rings (SSSR count). The maximum absolute atomic E-state index is 11.3. The molecule has 0 aliphatic carbocycles. The Hall–Kier alpha value is -1.10. The van der Waals surface area contributed by atoms with E-state index in [0.717, 1.165) is 6.54 Å². The molecule has 0 radical (unpaired) electrons. The highest BCUT2D eigenvalue weighted by Crippen LogP contribution is 2.08. The van der Waals surface area contributed by atoms with Crippen LogP contribution in [0.15, 0.2) is 0 Å². The minimum atomic E-state index is -0.763. The first kappa shape index (κ1) is 11.0. The Bertz CT molecular complexity index is 229. The van der Waals surface area contributed by atoms with Crippen LogP contribution in [0.25, 0.3) is 0 Å². The van der Waals surface area contributed by atoms with Crippen LogP contribution in [0.1, 0.15) is 13.3 Å². The summed E-state index contributed by atoms with van der Waals surface area (Å²) in [6.45, 7) is 3.13. The van der Waals surface area contributed by atoms with Gasteiger partial charge in [-0.25, -0.2) is 4.79 Å². The van der Waals surface area contributed by atoms with E-state index in [0.29, 0.717) is 13.0 Å². The van der Waals surface area contributed by atoms with Gasteiger partial charge in [0.2, 0.25) is 0 Å². The van der Waals surface area contributed by atoms with Gasteiger partial charge < -0.3 is 14.4 Å². The third kappa shape index (κ3) is 2.99. The van der Waals surface area contributed by atoms with Crippen LogP contribution in [-0.4, -0.2) is 49.7 Å². The van der Waals surface area contributed by atoms with E-state index in [-0.39, 0.29) is 12.4 Å². The second-order valence-corrected chi connectivity index (χ2v) is 3.27. The Kier molecular flexibility index (Phi) is 3.88. The number of piperidine rings is 1. The van der Waals surface area contributed by atoms with E-state index < -0.39 is 12.3 Å². The van der Waals surface area contributed by atoms with Crippen molar-refractivity contribution < 1.29 is 19.1 Å². The van der Waals surface area contributed by atoms with Crippen LogP contribution < -0.4 is 0 Å². The van der Waals surface area contributed by atoms with Crippen molar-refractivity contribution in [2.45, 2.75) is 19.4 Å². The molecule has 1 aliphatic heterocycles. The molecular formula is C9H15NO4. The molecule has 0 amide bonds. The number of likely N-dealkylation sites (N-methyl/N-ethyl adjacent to an activating group) is 1. The third-order valence-corrected chi connectivity index (χ3v) is 2.08. The fraction of sp³-hybridized carbons (Fsp3) is 0.778. The Morgan fingerprint density at radius 1 is 1.64 bits per heavy atom. The van der Waals surface area contributed by atoms with E-state index in [9.17, 15) is 9.59 Å². The van der Waals surface area contributed by atoms with Gasteiger partial charge in [0.1, 0.15) is 0 Å². The lowest BCUT2D eigenvalue weighted by Crippen LogP contribution is -2.44. The first-order valence-corrected chi connectivity index (χ1v) is 4.68. The van der Waals surface area contributed by atoms with E-state index in [4.69, 9.17) is 4.74 Å². The molecule has 0 bridgehead atoms. The molecule has 0 aromatic heterocycles. The van der Waals surface area contributed by atoms with Crippen molar-refractivity contribution in [1.82, 2.24) is 4.90 Å². The largest absolute Gasteiger partial charge is 0.509 e. The van der Waals surface area contributed by atoms with Crippen LogP contribution in [-0.2, 0) is 14.3 Å². The van der Waals surface area contributed by atoms with Crippen LogP contribution in [0.3, 0.4) is 0 Å². The van der Waals surface area contributed by atoms with Crippen molar-refractivity contribution >= 4 is 11.9 Å². The normalized spacial score (nSPS) is 23.3. The average molecular weight is 201 g/mol. The van der Waals surface area contributed by atoms with Crippen molar-refractivity contribution in [1.29, 1.82) is 0 Å². The van der Waals surface area contributed by atoms with Crippen molar-refractivity contribution in [3.05, 3.63) is 0 Å². The Balaban J connectivity index is 2.41. The molecule has 0 N–H and O–H groups in total. The minimum absolute atomic E-state index is 0.0313. The molecule has 0 saturated carbocycles. The summed E-state index contributed by atoms with van der Waals surface area (Å²) in [5.41, 5.74) is 0. The van der Waals surface area contributed by atoms with E-state index >= 15 is 0 Å². The van der Waals surface area contributed by atoms with Gasteiger partial charge in [0.25, 0.3) is 0 Å². The first-order valence-electron chi connectivity index (χ1n) is 4.68. The molecule has 0 aromatic rings. The summed E-state index contributed by atoms with van der Waals surface area (Å²) in [6, 6.07) is 0. The monoisotopic (exact) mass is 201 g/mol. The van der Waals surface area contributed by atoms with Crippen LogP contribution >= 0.6 is 0 Å². The van der Waals surface area contributed by atoms with Gasteiger partial charge in [-0.1, -0.05) is 0 Å². The number of likely N-dealkylation sites (tertiary alicyclic amines) is 1. The Morgan fingerprint density at radius 2 is 2.36 bits per heavy atom. The number of rotatable bonds is 2. The molecule has 5 nitrogen and oxygen atoms in total. The van der Waals surface area contributed by atoms with Gasteiger partial charge in [-0.2, -0.15) is 0 Å². The smallest absolute Gasteiger partial charge is 0.435 e. The highest BCUT2D eigenvalue weighted by Gasteiger charge is 2.28. The lowest BCUT2D eigenvalue weighted by Gasteiger charge is -2.27. The summed E-state index contributed by atoms with van der Waals surface area (Å²) < 4.78 is 9.46. The zero-order valence-corrected chi connectivity index (χ0v) is 8.49. The highest BCUT2D eigenvalue weighted by atomic mass is 16.7. The molecule has 0 spiro atoms. The minimum Gasteiger partial charge on any atom is -0.435 e. The van der Waals surface area contributed by atoms with Gasteiger partial charge in [0, 0.05) is 19.5 Å². The van der Waals surface area contributed by atoms with E-state index in [2.05, 4.69) is 4.74 Å². The summed E-state index contributed by atoms with van der Waals surface area (Å²) in [6.07, 6.45) is -0.991. The molecule has 1 saturated heterocycles. The lowest BCUT2D eigenvalue weighted by molar-refractivity contribution is -0.132. The fourth-order valence-corrected chi connectivity index (χ4v) is 1.31. The van der Waals surface area contributed by atoms with Crippen LogP contribution in [0.5, 0.6) is 0 Å². The quantitative estimate of drug-likeness (QED) is 0.606. The van der Waals surface area contributed by atoms with E-state index in [1.165, 1.54) is 0 Å². The predicted octanol–water partition coefficient (Wildman–Crippen LogP) is 0.433. The van der Waals surface area contributed by atoms with Crippen molar-refractivity contribution in [3.8, 4) is 0 Å². The number of Topliss-reactive ketones (excluding diaryl/α,β-unsaturated/α-hetero) is 1. The van der Waals surface area contributed by atoms with Gasteiger partial charge in [-0.15, -0.1) is 0 Å². The molecule has 5 heteroatoms. The van der Waals surface area contributed by atoms with Gasteiger partial charge in [0.05, 0.1) is 6.61 Å². The van der Waals surface area contributed by atoms with Gasteiger partial charge in [-0.3, -0.25) is 4.79 Å². The summed E-state index contributed by atoms with van der Waals surface area (Å²) in [5.74, 6) is -0.0313. The maximum Gasteiger partial charge on any atom is 0.509 e. The van der Waals surface area contributed by atoms with Crippen molar-refractivity contribution in [2.75, 3.05) is 26.7 Å². The number of carbonyl (C=O) groups is 2. The first-order chi connectivity index (χ1) is 6.63. The zero-order chi connectivity index (χ0) is 10.6. The molecule has 0 aromatic carbocycles. The molecule has 1 aliphatic rings. The SMILES string of the molecule is CCOC(=O)OC1CN(C)CCC1=O. The van der Waals surface area contributed by atoms with E-state index in [1.807, 2.05) is 11.9 Å². The third-order valence-electron chi connectivity index (χ3n) is 2.08. The molecule has 80 valence electrons. The number of nitrogens with zero attached hydrogens (tertiary/aromatic N) is 1. The van der Waals surface area contributed by atoms with Gasteiger partial charge in [0.15, 0.2) is 11.9 Å². The van der Waals surface area contributed by atoms with E-state index in [1.54, 1.807) is 6.92 Å². The zero-order valence-electron chi connectivity index (χ0n) is 8.49.